The van der Waals surface area contributed by atoms with Crippen molar-refractivity contribution in [3.63, 3.8) is 0 Å². The summed E-state index contributed by atoms with van der Waals surface area (Å²) >= 11 is 6.12. The van der Waals surface area contributed by atoms with Crippen LogP contribution in [0.4, 0.5) is 11.4 Å². The molecule has 0 aromatic heterocycles. The van der Waals surface area contributed by atoms with Crippen molar-refractivity contribution in [3.8, 4) is 17.2 Å². The normalized spacial score (nSPS) is 10.1. The van der Waals surface area contributed by atoms with Crippen molar-refractivity contribution in [2.24, 2.45) is 0 Å². The van der Waals surface area contributed by atoms with Crippen LogP contribution in [-0.2, 0) is 9.59 Å². The third-order valence-corrected chi connectivity index (χ3v) is 4.09. The van der Waals surface area contributed by atoms with Crippen LogP contribution in [0, 0.1) is 0 Å². The SMILES string of the molecule is COc1ccc(N(CC(=O)Nc2ccc(OC)c(OC)c2)C(C)=O)cc1Cl. The molecule has 0 spiro atoms. The first-order chi connectivity index (χ1) is 12.9. The molecule has 2 aromatic rings. The molecule has 2 aromatic carbocycles. The second kappa shape index (κ2) is 9.14. The molecule has 0 radical (unpaired) electrons. The van der Waals surface area contributed by atoms with Crippen molar-refractivity contribution in [2.45, 2.75) is 6.92 Å². The average Bonchev–Trinajstić information content (AvgIpc) is 2.65. The Hall–Kier alpha value is -2.93. The van der Waals surface area contributed by atoms with Crippen LogP contribution in [0.2, 0.25) is 5.02 Å². The third kappa shape index (κ3) is 5.04. The minimum atomic E-state index is -0.371. The molecule has 0 bridgehead atoms. The Morgan fingerprint density at radius 1 is 0.963 bits per heavy atom. The summed E-state index contributed by atoms with van der Waals surface area (Å²) in [5.74, 6) is 0.858. The Labute approximate surface area is 162 Å². The van der Waals surface area contributed by atoms with E-state index in [1.165, 1.54) is 33.2 Å². The number of amides is 2. The standard InChI is InChI=1S/C19H21ClN2O5/c1-12(23)22(14-6-8-16(25-2)15(20)10-14)11-19(24)21-13-5-7-17(26-3)18(9-13)27-4/h5-10H,11H2,1-4H3,(H,21,24). The molecule has 0 saturated carbocycles. The molecule has 144 valence electrons. The topological polar surface area (TPSA) is 77.1 Å². The van der Waals surface area contributed by atoms with E-state index in [4.69, 9.17) is 25.8 Å². The number of methoxy groups -OCH3 is 3. The van der Waals surface area contributed by atoms with E-state index < -0.39 is 0 Å². The first-order valence-corrected chi connectivity index (χ1v) is 8.41. The van der Waals surface area contributed by atoms with Gasteiger partial charge in [-0.05, 0) is 30.3 Å². The summed E-state index contributed by atoms with van der Waals surface area (Å²) in [5, 5.41) is 3.08. The zero-order valence-corrected chi connectivity index (χ0v) is 16.3. The highest BCUT2D eigenvalue weighted by molar-refractivity contribution is 6.32. The van der Waals surface area contributed by atoms with E-state index in [1.54, 1.807) is 36.4 Å². The van der Waals surface area contributed by atoms with Gasteiger partial charge < -0.3 is 24.4 Å². The number of ether oxygens (including phenoxy) is 3. The van der Waals surface area contributed by atoms with Crippen molar-refractivity contribution in [3.05, 3.63) is 41.4 Å². The number of rotatable bonds is 7. The van der Waals surface area contributed by atoms with Gasteiger partial charge in [-0.25, -0.2) is 0 Å². The van der Waals surface area contributed by atoms with Gasteiger partial charge in [0.15, 0.2) is 11.5 Å². The first-order valence-electron chi connectivity index (χ1n) is 8.03. The summed E-state index contributed by atoms with van der Waals surface area (Å²) in [6.07, 6.45) is 0. The molecule has 0 aliphatic heterocycles. The van der Waals surface area contributed by atoms with E-state index in [0.717, 1.165) is 0 Å². The van der Waals surface area contributed by atoms with Gasteiger partial charge in [-0.3, -0.25) is 9.59 Å². The van der Waals surface area contributed by atoms with Crippen molar-refractivity contribution in [1.82, 2.24) is 0 Å². The minimum absolute atomic E-state index is 0.174. The fourth-order valence-electron chi connectivity index (χ4n) is 2.47. The molecule has 0 atom stereocenters. The largest absolute Gasteiger partial charge is 0.495 e. The van der Waals surface area contributed by atoms with Gasteiger partial charge in [-0.1, -0.05) is 11.6 Å². The lowest BCUT2D eigenvalue weighted by atomic mass is 10.2. The Balaban J connectivity index is 2.16. The van der Waals surface area contributed by atoms with Gasteiger partial charge in [0.1, 0.15) is 12.3 Å². The van der Waals surface area contributed by atoms with Gasteiger partial charge in [-0.15, -0.1) is 0 Å². The monoisotopic (exact) mass is 392 g/mol. The predicted molar refractivity (Wildman–Crippen MR) is 104 cm³/mol. The van der Waals surface area contributed by atoms with Gasteiger partial charge in [0.05, 0.1) is 26.4 Å². The summed E-state index contributed by atoms with van der Waals surface area (Å²) in [7, 11) is 4.54. The molecular formula is C19H21ClN2O5. The van der Waals surface area contributed by atoms with E-state index in [9.17, 15) is 9.59 Å². The number of hydrogen-bond acceptors (Lipinski definition) is 5. The van der Waals surface area contributed by atoms with Crippen molar-refractivity contribution < 1.29 is 23.8 Å². The molecule has 1 N–H and O–H groups in total. The smallest absolute Gasteiger partial charge is 0.244 e. The quantitative estimate of drug-likeness (QED) is 0.781. The van der Waals surface area contributed by atoms with Gasteiger partial charge in [0.2, 0.25) is 11.8 Å². The highest BCUT2D eigenvalue weighted by Crippen LogP contribution is 2.31. The summed E-state index contributed by atoms with van der Waals surface area (Å²) in [5.41, 5.74) is 1.02. The minimum Gasteiger partial charge on any atom is -0.495 e. The summed E-state index contributed by atoms with van der Waals surface area (Å²) in [6.45, 7) is 1.20. The second-order valence-electron chi connectivity index (χ2n) is 5.54. The van der Waals surface area contributed by atoms with E-state index in [-0.39, 0.29) is 18.4 Å². The summed E-state index contributed by atoms with van der Waals surface area (Å²) < 4.78 is 15.5. The predicted octanol–water partition coefficient (Wildman–Crippen LogP) is 3.36. The Morgan fingerprint density at radius 3 is 2.15 bits per heavy atom. The summed E-state index contributed by atoms with van der Waals surface area (Å²) in [4.78, 5) is 25.8. The summed E-state index contributed by atoms with van der Waals surface area (Å²) in [6, 6.07) is 9.88. The van der Waals surface area contributed by atoms with Crippen LogP contribution in [0.3, 0.4) is 0 Å². The lowest BCUT2D eigenvalue weighted by Gasteiger charge is -2.21. The molecule has 2 rings (SSSR count). The van der Waals surface area contributed by atoms with Gasteiger partial charge >= 0.3 is 0 Å². The third-order valence-electron chi connectivity index (χ3n) is 3.80. The number of nitrogens with zero attached hydrogens (tertiary/aromatic N) is 1. The molecule has 0 saturated heterocycles. The van der Waals surface area contributed by atoms with Crippen molar-refractivity contribution in [2.75, 3.05) is 38.1 Å². The zero-order valence-electron chi connectivity index (χ0n) is 15.5. The molecule has 27 heavy (non-hydrogen) atoms. The molecule has 7 nitrogen and oxygen atoms in total. The van der Waals surface area contributed by atoms with Crippen molar-refractivity contribution in [1.29, 1.82) is 0 Å². The number of benzene rings is 2. The molecule has 0 fully saturated rings. The lowest BCUT2D eigenvalue weighted by molar-refractivity contribution is -0.120. The fourth-order valence-corrected chi connectivity index (χ4v) is 2.72. The van der Waals surface area contributed by atoms with Crippen molar-refractivity contribution >= 4 is 34.8 Å². The number of halogens is 1. The van der Waals surface area contributed by atoms with Crippen LogP contribution in [0.5, 0.6) is 17.2 Å². The molecule has 0 aliphatic rings. The van der Waals surface area contributed by atoms with E-state index in [0.29, 0.717) is 33.6 Å². The molecule has 2 amide bonds. The van der Waals surface area contributed by atoms with Crippen LogP contribution in [0.15, 0.2) is 36.4 Å². The molecular weight excluding hydrogens is 372 g/mol. The number of carbonyl (C=O) groups is 2. The number of hydrogen-bond donors (Lipinski definition) is 1. The number of anilines is 2. The lowest BCUT2D eigenvalue weighted by Crippen LogP contribution is -2.36. The Bertz CT molecular complexity index is 841. The van der Waals surface area contributed by atoms with E-state index >= 15 is 0 Å². The van der Waals surface area contributed by atoms with Gasteiger partial charge in [0, 0.05) is 24.4 Å². The fraction of sp³-hybridized carbons (Fsp3) is 0.263. The van der Waals surface area contributed by atoms with Crippen LogP contribution >= 0.6 is 11.6 Å². The molecule has 0 heterocycles. The van der Waals surface area contributed by atoms with E-state index in [2.05, 4.69) is 5.32 Å². The zero-order chi connectivity index (χ0) is 20.0. The molecule has 8 heteroatoms. The Morgan fingerprint density at radius 2 is 1.59 bits per heavy atom. The maximum atomic E-state index is 12.4. The molecule has 0 unspecified atom stereocenters. The van der Waals surface area contributed by atoms with Gasteiger partial charge in [-0.2, -0.15) is 0 Å². The maximum Gasteiger partial charge on any atom is 0.244 e. The number of nitrogens with one attached hydrogen (secondary N) is 1. The number of carbonyl (C=O) groups excluding carboxylic acids is 2. The maximum absolute atomic E-state index is 12.4. The highest BCUT2D eigenvalue weighted by atomic mass is 35.5. The second-order valence-corrected chi connectivity index (χ2v) is 5.95. The van der Waals surface area contributed by atoms with Crippen LogP contribution in [-0.4, -0.2) is 39.7 Å². The first kappa shape index (κ1) is 20.4. The van der Waals surface area contributed by atoms with Gasteiger partial charge in [0.25, 0.3) is 0 Å². The van der Waals surface area contributed by atoms with Crippen LogP contribution in [0.25, 0.3) is 0 Å². The van der Waals surface area contributed by atoms with Crippen LogP contribution in [0.1, 0.15) is 6.92 Å². The highest BCUT2D eigenvalue weighted by Gasteiger charge is 2.18. The Kier molecular flexibility index (Phi) is 6.90. The molecule has 0 aliphatic carbocycles. The van der Waals surface area contributed by atoms with E-state index in [1.807, 2.05) is 0 Å². The average molecular weight is 393 g/mol. The van der Waals surface area contributed by atoms with Crippen LogP contribution < -0.4 is 24.4 Å².